The van der Waals surface area contributed by atoms with Crippen molar-refractivity contribution in [3.05, 3.63) is 27.1 Å². The third kappa shape index (κ3) is 3.38. The van der Waals surface area contributed by atoms with E-state index in [0.29, 0.717) is 27.1 Å². The standard InChI is InChI=1S/C14H16Cl2N4O2S/c1-22-13(21)9-2-4-18(5-3-9)8-20-14(23)19-7-10(15)6-11(16)12(19)17-20/h6-7,9H,2-5,8H2,1H3. The fraction of sp³-hybridized carbons (Fsp3) is 0.500. The van der Waals surface area contributed by atoms with Crippen molar-refractivity contribution < 1.29 is 9.53 Å². The molecule has 6 nitrogen and oxygen atoms in total. The van der Waals surface area contributed by atoms with E-state index in [4.69, 9.17) is 40.2 Å². The molecular weight excluding hydrogens is 359 g/mol. The summed E-state index contributed by atoms with van der Waals surface area (Å²) >= 11 is 17.6. The molecule has 0 saturated carbocycles. The van der Waals surface area contributed by atoms with Gasteiger partial charge in [-0.15, -0.1) is 5.10 Å². The minimum Gasteiger partial charge on any atom is -0.469 e. The van der Waals surface area contributed by atoms with Gasteiger partial charge in [-0.3, -0.25) is 14.1 Å². The van der Waals surface area contributed by atoms with Crippen LogP contribution < -0.4 is 0 Å². The van der Waals surface area contributed by atoms with Gasteiger partial charge in [0.25, 0.3) is 0 Å². The maximum Gasteiger partial charge on any atom is 0.308 e. The number of nitrogens with zero attached hydrogens (tertiary/aromatic N) is 4. The number of pyridine rings is 1. The molecule has 0 amide bonds. The van der Waals surface area contributed by atoms with Gasteiger partial charge in [0.05, 0.1) is 29.7 Å². The molecule has 1 fully saturated rings. The lowest BCUT2D eigenvalue weighted by Gasteiger charge is -2.30. The van der Waals surface area contributed by atoms with E-state index in [1.807, 2.05) is 0 Å². The van der Waals surface area contributed by atoms with Crippen LogP contribution in [0.3, 0.4) is 0 Å². The van der Waals surface area contributed by atoms with Gasteiger partial charge in [-0.25, -0.2) is 4.68 Å². The molecule has 9 heteroatoms. The van der Waals surface area contributed by atoms with Gasteiger partial charge in [0.15, 0.2) is 5.65 Å². The molecule has 1 saturated heterocycles. The van der Waals surface area contributed by atoms with E-state index in [9.17, 15) is 4.79 Å². The van der Waals surface area contributed by atoms with Crippen molar-refractivity contribution in [3.8, 4) is 0 Å². The summed E-state index contributed by atoms with van der Waals surface area (Å²) in [6, 6.07) is 1.65. The molecule has 3 heterocycles. The maximum absolute atomic E-state index is 11.6. The van der Waals surface area contributed by atoms with Crippen LogP contribution in [0.1, 0.15) is 12.8 Å². The SMILES string of the molecule is COC(=O)C1CCN(Cn2nc3c(Cl)cc(Cl)cn3c2=S)CC1. The van der Waals surface area contributed by atoms with Crippen LogP contribution in [0.15, 0.2) is 12.3 Å². The first kappa shape index (κ1) is 16.7. The van der Waals surface area contributed by atoms with Crippen LogP contribution in [0, 0.1) is 10.7 Å². The Morgan fingerprint density at radius 1 is 1.43 bits per heavy atom. The summed E-state index contributed by atoms with van der Waals surface area (Å²) in [7, 11) is 1.43. The number of hydrogen-bond donors (Lipinski definition) is 0. The van der Waals surface area contributed by atoms with Crippen LogP contribution in [0.25, 0.3) is 5.65 Å². The van der Waals surface area contributed by atoms with Crippen LogP contribution in [-0.2, 0) is 16.2 Å². The third-order valence-electron chi connectivity index (χ3n) is 4.06. The first-order valence-electron chi connectivity index (χ1n) is 7.24. The van der Waals surface area contributed by atoms with Gasteiger partial charge in [-0.05, 0) is 31.1 Å². The van der Waals surface area contributed by atoms with E-state index >= 15 is 0 Å². The highest BCUT2D eigenvalue weighted by Crippen LogP contribution is 2.22. The number of piperidine rings is 1. The molecule has 0 bridgehead atoms. The fourth-order valence-corrected chi connectivity index (χ4v) is 3.55. The Balaban J connectivity index is 1.76. The minimum absolute atomic E-state index is 0.0152. The molecule has 23 heavy (non-hydrogen) atoms. The summed E-state index contributed by atoms with van der Waals surface area (Å²) in [5.74, 6) is -0.144. The van der Waals surface area contributed by atoms with Gasteiger partial charge in [-0.1, -0.05) is 23.2 Å². The van der Waals surface area contributed by atoms with Crippen molar-refractivity contribution in [2.24, 2.45) is 5.92 Å². The van der Waals surface area contributed by atoms with E-state index in [1.54, 1.807) is 21.3 Å². The average molecular weight is 375 g/mol. The van der Waals surface area contributed by atoms with Gasteiger partial charge in [0.1, 0.15) is 0 Å². The van der Waals surface area contributed by atoms with E-state index in [1.165, 1.54) is 7.11 Å². The summed E-state index contributed by atoms with van der Waals surface area (Å²) in [6.07, 6.45) is 3.26. The van der Waals surface area contributed by atoms with Crippen molar-refractivity contribution in [1.82, 2.24) is 19.1 Å². The van der Waals surface area contributed by atoms with E-state index in [0.717, 1.165) is 25.9 Å². The second-order valence-corrected chi connectivity index (χ2v) is 6.75. The zero-order chi connectivity index (χ0) is 16.6. The molecule has 0 unspecified atom stereocenters. The largest absolute Gasteiger partial charge is 0.469 e. The summed E-state index contributed by atoms with van der Waals surface area (Å²) in [5.41, 5.74) is 0.588. The van der Waals surface area contributed by atoms with Crippen LogP contribution >= 0.6 is 35.4 Å². The van der Waals surface area contributed by atoms with Crippen molar-refractivity contribution in [2.45, 2.75) is 19.5 Å². The second-order valence-electron chi connectivity index (χ2n) is 5.54. The number of fused-ring (bicyclic) bond motifs is 1. The van der Waals surface area contributed by atoms with Crippen LogP contribution in [0.2, 0.25) is 10.0 Å². The molecule has 124 valence electrons. The Morgan fingerprint density at radius 3 is 2.78 bits per heavy atom. The molecule has 0 spiro atoms. The lowest BCUT2D eigenvalue weighted by molar-refractivity contribution is -0.147. The molecular formula is C14H16Cl2N4O2S. The van der Waals surface area contributed by atoms with Crippen LogP contribution in [0.5, 0.6) is 0 Å². The van der Waals surface area contributed by atoms with E-state index in [-0.39, 0.29) is 11.9 Å². The second kappa shape index (κ2) is 6.76. The highest BCUT2D eigenvalue weighted by Gasteiger charge is 2.26. The molecule has 0 N–H and O–H groups in total. The van der Waals surface area contributed by atoms with E-state index < -0.39 is 0 Å². The Hall–Kier alpha value is -1.15. The molecule has 1 aliphatic heterocycles. The maximum atomic E-state index is 11.6. The Labute approximate surface area is 148 Å². The lowest BCUT2D eigenvalue weighted by atomic mass is 9.97. The molecule has 0 aliphatic carbocycles. The van der Waals surface area contributed by atoms with Gasteiger partial charge in [0, 0.05) is 19.3 Å². The van der Waals surface area contributed by atoms with Crippen molar-refractivity contribution >= 4 is 47.0 Å². The third-order valence-corrected chi connectivity index (χ3v) is 4.95. The monoisotopic (exact) mass is 374 g/mol. The smallest absolute Gasteiger partial charge is 0.308 e. The number of likely N-dealkylation sites (tertiary alicyclic amines) is 1. The van der Waals surface area contributed by atoms with Crippen molar-refractivity contribution in [2.75, 3.05) is 20.2 Å². The average Bonchev–Trinajstić information content (AvgIpc) is 2.84. The first-order chi connectivity index (χ1) is 11.0. The molecule has 2 aromatic rings. The predicted octanol–water partition coefficient (Wildman–Crippen LogP) is 3.01. The highest BCUT2D eigenvalue weighted by atomic mass is 35.5. The topological polar surface area (TPSA) is 51.8 Å². The number of ether oxygens (including phenoxy) is 1. The lowest BCUT2D eigenvalue weighted by Crippen LogP contribution is -2.38. The number of carbonyl (C=O) groups excluding carboxylic acids is 1. The Morgan fingerprint density at radius 2 is 2.13 bits per heavy atom. The van der Waals surface area contributed by atoms with Gasteiger partial charge in [0.2, 0.25) is 4.77 Å². The molecule has 0 radical (unpaired) electrons. The summed E-state index contributed by atoms with van der Waals surface area (Å²) in [6.45, 7) is 2.15. The van der Waals surface area contributed by atoms with Crippen molar-refractivity contribution in [1.29, 1.82) is 0 Å². The normalized spacial score (nSPS) is 16.8. The predicted molar refractivity (Wildman–Crippen MR) is 90.3 cm³/mol. The molecule has 0 aromatic carbocycles. The molecule has 2 aromatic heterocycles. The highest BCUT2D eigenvalue weighted by molar-refractivity contribution is 7.71. The summed E-state index contributed by atoms with van der Waals surface area (Å²) in [5, 5.41) is 5.44. The van der Waals surface area contributed by atoms with E-state index in [2.05, 4.69) is 10.00 Å². The quantitative estimate of drug-likeness (QED) is 0.610. The molecule has 0 atom stereocenters. The fourth-order valence-electron chi connectivity index (χ4n) is 2.80. The van der Waals surface area contributed by atoms with Gasteiger partial charge < -0.3 is 4.74 Å². The van der Waals surface area contributed by atoms with Crippen molar-refractivity contribution in [3.63, 3.8) is 0 Å². The van der Waals surface area contributed by atoms with Crippen LogP contribution in [-0.4, -0.2) is 45.2 Å². The number of halogens is 2. The van der Waals surface area contributed by atoms with Gasteiger partial charge >= 0.3 is 5.97 Å². The molecule has 3 rings (SSSR count). The zero-order valence-electron chi connectivity index (χ0n) is 12.5. The zero-order valence-corrected chi connectivity index (χ0v) is 14.9. The number of rotatable bonds is 3. The molecule has 1 aliphatic rings. The number of methoxy groups -OCH3 is 1. The minimum atomic E-state index is -0.129. The number of aromatic nitrogens is 3. The summed E-state index contributed by atoms with van der Waals surface area (Å²) in [4.78, 5) is 13.8. The van der Waals surface area contributed by atoms with Gasteiger partial charge in [-0.2, -0.15) is 0 Å². The number of esters is 1. The first-order valence-corrected chi connectivity index (χ1v) is 8.40. The summed E-state index contributed by atoms with van der Waals surface area (Å²) < 4.78 is 8.78. The Bertz CT molecular complexity index is 796. The Kier molecular flexibility index (Phi) is 4.91. The number of hydrogen-bond acceptors (Lipinski definition) is 5. The number of carbonyl (C=O) groups is 1. The van der Waals surface area contributed by atoms with Crippen LogP contribution in [0.4, 0.5) is 0 Å².